The number of aryl methyl sites for hydroxylation is 1. The van der Waals surface area contributed by atoms with Crippen LogP contribution < -0.4 is 4.80 Å². The van der Waals surface area contributed by atoms with Gasteiger partial charge in [0.2, 0.25) is 0 Å². The number of rotatable bonds is 4. The average Bonchev–Trinajstić information content (AvgIpc) is 3.21. The van der Waals surface area contributed by atoms with Crippen LogP contribution in [0.25, 0.3) is 21.1 Å². The van der Waals surface area contributed by atoms with Gasteiger partial charge in [-0.15, -0.1) is 0 Å². The Balaban J connectivity index is 1.94. The number of hydrogen-bond donors (Lipinski definition) is 1. The average molecular weight is 393 g/mol. The number of carbonyl (C=O) groups excluding carboxylic acids is 1. The molecule has 1 amide bonds. The lowest BCUT2D eigenvalue weighted by Gasteiger charge is -2.13. The number of aromatic nitrogens is 2. The summed E-state index contributed by atoms with van der Waals surface area (Å²) in [5, 5.41) is 10.5. The van der Waals surface area contributed by atoms with Crippen LogP contribution in [0.3, 0.4) is 0 Å². The molecule has 7 heteroatoms. The Kier molecular flexibility index (Phi) is 4.60. The van der Waals surface area contributed by atoms with Crippen molar-refractivity contribution in [1.82, 2.24) is 9.13 Å². The van der Waals surface area contributed by atoms with Gasteiger partial charge in [0.05, 0.1) is 15.8 Å². The molecular formula is C21H19N3O3S. The second-order valence-corrected chi connectivity index (χ2v) is 7.58. The molecule has 0 bridgehead atoms. The van der Waals surface area contributed by atoms with E-state index in [4.69, 9.17) is 0 Å². The third-order valence-electron chi connectivity index (χ3n) is 4.84. The molecule has 0 fully saturated rings. The molecule has 2 heterocycles. The minimum atomic E-state index is -0.940. The number of carboxylic acid groups (broad SMARTS) is 1. The van der Waals surface area contributed by atoms with Crippen molar-refractivity contribution in [2.24, 2.45) is 12.0 Å². The molecule has 142 valence electrons. The number of carboxylic acids is 1. The number of nitrogens with zero attached hydrogens (tertiary/aromatic N) is 3. The zero-order chi connectivity index (χ0) is 19.8. The summed E-state index contributed by atoms with van der Waals surface area (Å²) >= 11 is 1.33. The van der Waals surface area contributed by atoms with E-state index < -0.39 is 12.0 Å². The molecule has 1 unspecified atom stereocenters. The van der Waals surface area contributed by atoms with Gasteiger partial charge in [-0.3, -0.25) is 4.79 Å². The van der Waals surface area contributed by atoms with E-state index in [0.717, 1.165) is 21.1 Å². The summed E-state index contributed by atoms with van der Waals surface area (Å²) in [6.45, 7) is 1.81. The Morgan fingerprint density at radius 1 is 1.11 bits per heavy atom. The number of hydrogen-bond acceptors (Lipinski definition) is 3. The summed E-state index contributed by atoms with van der Waals surface area (Å²) in [5.41, 5.74) is 2.22. The van der Waals surface area contributed by atoms with Crippen LogP contribution in [0.15, 0.2) is 59.7 Å². The van der Waals surface area contributed by atoms with Crippen molar-refractivity contribution >= 4 is 44.3 Å². The van der Waals surface area contributed by atoms with Crippen LogP contribution in [0.2, 0.25) is 0 Å². The van der Waals surface area contributed by atoms with Gasteiger partial charge in [-0.25, -0.2) is 4.79 Å². The van der Waals surface area contributed by atoms with Gasteiger partial charge >= 0.3 is 5.97 Å². The Labute approximate surface area is 165 Å². The van der Waals surface area contributed by atoms with Crippen LogP contribution in [-0.4, -0.2) is 26.1 Å². The van der Waals surface area contributed by atoms with Gasteiger partial charge in [-0.1, -0.05) is 48.6 Å². The molecule has 0 saturated heterocycles. The minimum absolute atomic E-state index is 0.377. The third kappa shape index (κ3) is 2.93. The fraction of sp³-hybridized carbons (Fsp3) is 0.190. The quantitative estimate of drug-likeness (QED) is 0.570. The first-order valence-electron chi connectivity index (χ1n) is 8.97. The van der Waals surface area contributed by atoms with Crippen molar-refractivity contribution in [3.63, 3.8) is 0 Å². The molecule has 0 saturated carbocycles. The highest BCUT2D eigenvalue weighted by Gasteiger charge is 2.22. The van der Waals surface area contributed by atoms with E-state index in [1.54, 1.807) is 10.8 Å². The summed E-state index contributed by atoms with van der Waals surface area (Å²) in [7, 11) is 1.89. The topological polar surface area (TPSA) is 76.6 Å². The van der Waals surface area contributed by atoms with Crippen LogP contribution in [-0.2, 0) is 11.8 Å². The van der Waals surface area contributed by atoms with Gasteiger partial charge < -0.3 is 14.2 Å². The van der Waals surface area contributed by atoms with Crippen LogP contribution >= 0.6 is 11.3 Å². The zero-order valence-electron chi connectivity index (χ0n) is 15.5. The summed E-state index contributed by atoms with van der Waals surface area (Å²) in [6, 6.07) is 14.4. The van der Waals surface area contributed by atoms with E-state index in [-0.39, 0.29) is 5.91 Å². The number of thiazole rings is 1. The number of fused-ring (bicyclic) bond motifs is 2. The van der Waals surface area contributed by atoms with E-state index in [1.165, 1.54) is 11.3 Å². The Bertz CT molecular complexity index is 1280. The standard InChI is InChI=1S/C21H19N3O3S/c1-3-15(20(26)27)24-17-10-6-7-11-18(17)28-21(24)22-19(25)14-12-23(2)16-9-5-4-8-13(14)16/h4-12,15H,3H2,1-2H3,(H,26,27)/b22-21+. The Morgan fingerprint density at radius 2 is 1.79 bits per heavy atom. The van der Waals surface area contributed by atoms with Gasteiger partial charge in [0, 0.05) is 24.1 Å². The maximum absolute atomic E-state index is 13.0. The number of carbonyl (C=O) groups is 2. The van der Waals surface area contributed by atoms with Crippen molar-refractivity contribution in [2.45, 2.75) is 19.4 Å². The molecular weight excluding hydrogens is 374 g/mol. The summed E-state index contributed by atoms with van der Waals surface area (Å²) in [6.07, 6.45) is 2.16. The zero-order valence-corrected chi connectivity index (χ0v) is 16.3. The largest absolute Gasteiger partial charge is 0.480 e. The lowest BCUT2D eigenvalue weighted by molar-refractivity contribution is -0.140. The van der Waals surface area contributed by atoms with Gasteiger partial charge in [0.25, 0.3) is 5.91 Å². The van der Waals surface area contributed by atoms with Gasteiger partial charge in [-0.2, -0.15) is 4.99 Å². The smallest absolute Gasteiger partial charge is 0.326 e. The number of para-hydroxylation sites is 2. The highest BCUT2D eigenvalue weighted by atomic mass is 32.1. The minimum Gasteiger partial charge on any atom is -0.480 e. The SMILES string of the molecule is CCC(C(=O)O)n1/c(=N\C(=O)c2cn(C)c3ccccc23)sc2ccccc21. The van der Waals surface area contributed by atoms with Crippen LogP contribution in [0.4, 0.5) is 0 Å². The molecule has 0 radical (unpaired) electrons. The van der Waals surface area contributed by atoms with Crippen molar-refractivity contribution in [3.05, 3.63) is 65.1 Å². The lowest BCUT2D eigenvalue weighted by atomic mass is 10.2. The summed E-state index contributed by atoms with van der Waals surface area (Å²) in [5.74, 6) is -1.32. The second kappa shape index (κ2) is 7.09. The first-order valence-corrected chi connectivity index (χ1v) is 9.79. The Hall–Kier alpha value is -3.19. The first-order chi connectivity index (χ1) is 13.5. The van der Waals surface area contributed by atoms with E-state index in [1.807, 2.05) is 67.1 Å². The second-order valence-electron chi connectivity index (χ2n) is 6.57. The maximum Gasteiger partial charge on any atom is 0.326 e. The Morgan fingerprint density at radius 3 is 2.50 bits per heavy atom. The monoisotopic (exact) mass is 393 g/mol. The molecule has 2 aromatic heterocycles. The predicted molar refractivity (Wildman–Crippen MR) is 110 cm³/mol. The van der Waals surface area contributed by atoms with Crippen molar-refractivity contribution in [3.8, 4) is 0 Å². The van der Waals surface area contributed by atoms with Gasteiger partial charge in [-0.05, 0) is 24.6 Å². The summed E-state index contributed by atoms with van der Waals surface area (Å²) in [4.78, 5) is 29.6. The highest BCUT2D eigenvalue weighted by Crippen LogP contribution is 2.24. The van der Waals surface area contributed by atoms with E-state index in [0.29, 0.717) is 16.8 Å². The molecule has 6 nitrogen and oxygen atoms in total. The van der Waals surface area contributed by atoms with E-state index >= 15 is 0 Å². The number of amides is 1. The first kappa shape index (κ1) is 18.2. The fourth-order valence-electron chi connectivity index (χ4n) is 3.50. The molecule has 4 aromatic rings. The van der Waals surface area contributed by atoms with Crippen molar-refractivity contribution in [2.75, 3.05) is 0 Å². The predicted octanol–water partition coefficient (Wildman–Crippen LogP) is 3.97. The van der Waals surface area contributed by atoms with Gasteiger partial charge in [0.15, 0.2) is 4.80 Å². The molecule has 0 aliphatic carbocycles. The molecule has 28 heavy (non-hydrogen) atoms. The lowest BCUT2D eigenvalue weighted by Crippen LogP contribution is -2.27. The highest BCUT2D eigenvalue weighted by molar-refractivity contribution is 7.16. The maximum atomic E-state index is 13.0. The molecule has 2 aromatic carbocycles. The van der Waals surface area contributed by atoms with Crippen LogP contribution in [0, 0.1) is 0 Å². The van der Waals surface area contributed by atoms with E-state index in [9.17, 15) is 14.7 Å². The van der Waals surface area contributed by atoms with Crippen LogP contribution in [0.1, 0.15) is 29.7 Å². The van der Waals surface area contributed by atoms with E-state index in [2.05, 4.69) is 4.99 Å². The number of aliphatic carboxylic acids is 1. The molecule has 0 spiro atoms. The molecule has 4 rings (SSSR count). The summed E-state index contributed by atoms with van der Waals surface area (Å²) < 4.78 is 4.45. The van der Waals surface area contributed by atoms with Crippen molar-refractivity contribution in [1.29, 1.82) is 0 Å². The van der Waals surface area contributed by atoms with Crippen LogP contribution in [0.5, 0.6) is 0 Å². The molecule has 1 atom stereocenters. The molecule has 0 aliphatic rings. The van der Waals surface area contributed by atoms with Crippen molar-refractivity contribution < 1.29 is 14.7 Å². The fourth-order valence-corrected chi connectivity index (χ4v) is 4.56. The van der Waals surface area contributed by atoms with Gasteiger partial charge in [0.1, 0.15) is 6.04 Å². The molecule has 0 aliphatic heterocycles. The molecule has 1 N–H and O–H groups in total. The third-order valence-corrected chi connectivity index (χ3v) is 5.88. The number of benzene rings is 2. The normalized spacial score (nSPS) is 13.3.